The molecule has 70 valence electrons. The average Bonchev–Trinajstić information content (AvgIpc) is 2.46. The van der Waals surface area contributed by atoms with E-state index in [0.29, 0.717) is 5.92 Å². The number of hydrogen-bond acceptors (Lipinski definition) is 1. The predicted octanol–water partition coefficient (Wildman–Crippen LogP) is 4.45. The summed E-state index contributed by atoms with van der Waals surface area (Å²) < 4.78 is 1.40. The third kappa shape index (κ3) is 2.04. The van der Waals surface area contributed by atoms with Crippen molar-refractivity contribution in [2.75, 3.05) is 0 Å². The molecule has 0 radical (unpaired) electrons. The highest BCUT2D eigenvalue weighted by Crippen LogP contribution is 2.29. The first kappa shape index (κ1) is 10.6. The highest BCUT2D eigenvalue weighted by Gasteiger charge is 2.03. The van der Waals surface area contributed by atoms with Crippen LogP contribution in [0.1, 0.15) is 24.6 Å². The molecule has 2 heteroatoms. The Labute approximate surface area is 89.0 Å². The van der Waals surface area contributed by atoms with Gasteiger partial charge in [0, 0.05) is 9.58 Å². The minimum absolute atomic E-state index is 0. The second-order valence-electron chi connectivity index (χ2n) is 3.34. The molecule has 0 N–H and O–H groups in total. The van der Waals surface area contributed by atoms with Crippen LogP contribution in [0, 0.1) is 0 Å². The minimum atomic E-state index is 0. The monoisotopic (exact) mass is 212 g/mol. The Morgan fingerprint density at radius 2 is 1.85 bits per heavy atom. The standard InChI is InChI=1S/C11H12S.ClH/c1-8(2)11-7-9-5-3-4-6-10(9)12-11;/h3-8H,1-2H3;1H. The number of fused-ring (bicyclic) bond motifs is 1. The van der Waals surface area contributed by atoms with E-state index in [1.165, 1.54) is 15.0 Å². The molecular weight excluding hydrogens is 200 g/mol. The van der Waals surface area contributed by atoms with Gasteiger partial charge in [0.25, 0.3) is 0 Å². The average molecular weight is 213 g/mol. The lowest BCUT2D eigenvalue weighted by Crippen LogP contribution is -1.77. The summed E-state index contributed by atoms with van der Waals surface area (Å²) in [5.74, 6) is 0.655. The summed E-state index contributed by atoms with van der Waals surface area (Å²) >= 11 is 1.91. The molecule has 0 spiro atoms. The van der Waals surface area contributed by atoms with Crippen LogP contribution in [0.25, 0.3) is 10.1 Å². The summed E-state index contributed by atoms with van der Waals surface area (Å²) in [5.41, 5.74) is 0. The third-order valence-corrected chi connectivity index (χ3v) is 3.43. The van der Waals surface area contributed by atoms with Crippen molar-refractivity contribution in [3.63, 3.8) is 0 Å². The molecule has 0 bridgehead atoms. The van der Waals surface area contributed by atoms with Crippen molar-refractivity contribution < 1.29 is 0 Å². The van der Waals surface area contributed by atoms with Crippen LogP contribution in [0.2, 0.25) is 0 Å². The first-order valence-corrected chi connectivity index (χ1v) is 5.07. The van der Waals surface area contributed by atoms with Gasteiger partial charge in [-0.1, -0.05) is 32.0 Å². The van der Waals surface area contributed by atoms with Gasteiger partial charge < -0.3 is 0 Å². The molecule has 1 aromatic heterocycles. The van der Waals surface area contributed by atoms with E-state index in [2.05, 4.69) is 44.2 Å². The molecule has 0 nitrogen and oxygen atoms in total. The van der Waals surface area contributed by atoms with E-state index in [4.69, 9.17) is 0 Å². The molecule has 0 fully saturated rings. The molecule has 0 saturated carbocycles. The van der Waals surface area contributed by atoms with Gasteiger partial charge in [0.15, 0.2) is 0 Å². The largest absolute Gasteiger partial charge is 0.147 e. The summed E-state index contributed by atoms with van der Waals surface area (Å²) in [4.78, 5) is 1.48. The Bertz CT molecular complexity index is 357. The Hall–Kier alpha value is -0.530. The summed E-state index contributed by atoms with van der Waals surface area (Å²) in [7, 11) is 0. The SMILES string of the molecule is CC(C)c1cc2ccccc2s1.Cl. The fourth-order valence-electron chi connectivity index (χ4n) is 1.29. The zero-order chi connectivity index (χ0) is 8.55. The summed E-state index contributed by atoms with van der Waals surface area (Å²) in [6, 6.07) is 10.9. The normalized spacial score (nSPS) is 10.4. The second-order valence-corrected chi connectivity index (χ2v) is 4.46. The van der Waals surface area contributed by atoms with E-state index in [0.717, 1.165) is 0 Å². The molecule has 0 amide bonds. The van der Waals surface area contributed by atoms with Crippen molar-refractivity contribution in [1.82, 2.24) is 0 Å². The number of thiophene rings is 1. The van der Waals surface area contributed by atoms with Crippen LogP contribution in [0.15, 0.2) is 30.3 Å². The molecule has 0 aliphatic heterocycles. The molecule has 0 unspecified atom stereocenters. The van der Waals surface area contributed by atoms with Gasteiger partial charge in [0.05, 0.1) is 0 Å². The van der Waals surface area contributed by atoms with Crippen LogP contribution >= 0.6 is 23.7 Å². The Morgan fingerprint density at radius 3 is 2.46 bits per heavy atom. The Morgan fingerprint density at radius 1 is 1.15 bits per heavy atom. The molecule has 13 heavy (non-hydrogen) atoms. The molecule has 1 aromatic carbocycles. The number of halogens is 1. The molecule has 0 aliphatic rings. The van der Waals surface area contributed by atoms with Gasteiger partial charge in [-0.3, -0.25) is 0 Å². The fourth-order valence-corrected chi connectivity index (χ4v) is 2.35. The van der Waals surface area contributed by atoms with E-state index in [1.54, 1.807) is 0 Å². The van der Waals surface area contributed by atoms with Crippen molar-refractivity contribution in [2.45, 2.75) is 19.8 Å². The molecular formula is C11H13ClS. The van der Waals surface area contributed by atoms with Crippen LogP contribution in [0.3, 0.4) is 0 Å². The van der Waals surface area contributed by atoms with E-state index in [9.17, 15) is 0 Å². The zero-order valence-electron chi connectivity index (χ0n) is 7.78. The van der Waals surface area contributed by atoms with E-state index in [1.807, 2.05) is 11.3 Å². The van der Waals surface area contributed by atoms with E-state index in [-0.39, 0.29) is 12.4 Å². The van der Waals surface area contributed by atoms with Gasteiger partial charge in [-0.25, -0.2) is 0 Å². The molecule has 2 aromatic rings. The topological polar surface area (TPSA) is 0 Å². The third-order valence-electron chi connectivity index (χ3n) is 2.01. The molecule has 1 heterocycles. The van der Waals surface area contributed by atoms with Gasteiger partial charge in [0.2, 0.25) is 0 Å². The molecule has 2 rings (SSSR count). The maximum atomic E-state index is 2.30. The number of benzene rings is 1. The quantitative estimate of drug-likeness (QED) is 0.656. The lowest BCUT2D eigenvalue weighted by atomic mass is 10.1. The van der Waals surface area contributed by atoms with Crippen LogP contribution in [-0.2, 0) is 0 Å². The lowest BCUT2D eigenvalue weighted by molar-refractivity contribution is 0.890. The van der Waals surface area contributed by atoms with Gasteiger partial charge in [-0.05, 0) is 23.4 Å². The maximum Gasteiger partial charge on any atom is 0.0345 e. The highest BCUT2D eigenvalue weighted by atomic mass is 35.5. The first-order chi connectivity index (χ1) is 5.77. The van der Waals surface area contributed by atoms with Crippen molar-refractivity contribution in [2.24, 2.45) is 0 Å². The second kappa shape index (κ2) is 4.12. The van der Waals surface area contributed by atoms with Gasteiger partial charge in [-0.15, -0.1) is 23.7 Å². The van der Waals surface area contributed by atoms with Gasteiger partial charge in [0.1, 0.15) is 0 Å². The Kier molecular flexibility index (Phi) is 3.34. The van der Waals surface area contributed by atoms with E-state index < -0.39 is 0 Å². The van der Waals surface area contributed by atoms with Crippen LogP contribution in [0.5, 0.6) is 0 Å². The number of hydrogen-bond donors (Lipinski definition) is 0. The highest BCUT2D eigenvalue weighted by molar-refractivity contribution is 7.19. The van der Waals surface area contributed by atoms with Crippen LogP contribution in [-0.4, -0.2) is 0 Å². The van der Waals surface area contributed by atoms with Gasteiger partial charge >= 0.3 is 0 Å². The zero-order valence-corrected chi connectivity index (χ0v) is 9.41. The summed E-state index contributed by atoms with van der Waals surface area (Å²) in [5, 5.41) is 1.38. The van der Waals surface area contributed by atoms with Gasteiger partial charge in [-0.2, -0.15) is 0 Å². The van der Waals surface area contributed by atoms with E-state index >= 15 is 0 Å². The number of rotatable bonds is 1. The van der Waals surface area contributed by atoms with Crippen molar-refractivity contribution in [3.8, 4) is 0 Å². The van der Waals surface area contributed by atoms with Crippen molar-refractivity contribution in [3.05, 3.63) is 35.2 Å². The van der Waals surface area contributed by atoms with Crippen LogP contribution < -0.4 is 0 Å². The summed E-state index contributed by atoms with van der Waals surface area (Å²) in [6.45, 7) is 4.48. The van der Waals surface area contributed by atoms with Crippen molar-refractivity contribution >= 4 is 33.8 Å². The minimum Gasteiger partial charge on any atom is -0.147 e. The van der Waals surface area contributed by atoms with Crippen LogP contribution in [0.4, 0.5) is 0 Å². The molecule has 0 atom stereocenters. The van der Waals surface area contributed by atoms with Crippen molar-refractivity contribution in [1.29, 1.82) is 0 Å². The fraction of sp³-hybridized carbons (Fsp3) is 0.273. The first-order valence-electron chi connectivity index (χ1n) is 4.26. The smallest absolute Gasteiger partial charge is 0.0345 e. The molecule has 0 saturated heterocycles. The Balaban J connectivity index is 0.000000845. The maximum absolute atomic E-state index is 2.30. The summed E-state index contributed by atoms with van der Waals surface area (Å²) in [6.07, 6.45) is 0. The lowest BCUT2D eigenvalue weighted by Gasteiger charge is -1.96. The predicted molar refractivity (Wildman–Crippen MR) is 63.2 cm³/mol. The molecule has 0 aliphatic carbocycles.